The van der Waals surface area contributed by atoms with Gasteiger partial charge in [-0.3, -0.25) is 9.59 Å². The number of hydrogen-bond donors (Lipinski definition) is 0. The van der Waals surface area contributed by atoms with Crippen LogP contribution in [-0.4, -0.2) is 44.6 Å². The Bertz CT molecular complexity index is 855. The summed E-state index contributed by atoms with van der Waals surface area (Å²) in [4.78, 5) is 32.3. The lowest BCUT2D eigenvalue weighted by Gasteiger charge is -2.28. The van der Waals surface area contributed by atoms with E-state index in [1.165, 1.54) is 23.4 Å². The summed E-state index contributed by atoms with van der Waals surface area (Å²) in [5.41, 5.74) is 0.417. The van der Waals surface area contributed by atoms with Crippen molar-refractivity contribution in [3.8, 4) is 0 Å². The third-order valence-corrected chi connectivity index (χ3v) is 4.92. The molecule has 0 spiro atoms. The SMILES string of the molecule is O=C(C1CC(=O)N(c2ccc(Cl)c(F)c2)C1)N1CCn2ncnc2C1. The number of amides is 2. The van der Waals surface area contributed by atoms with Crippen molar-refractivity contribution in [1.29, 1.82) is 0 Å². The first-order valence-electron chi connectivity index (χ1n) is 7.94. The van der Waals surface area contributed by atoms with E-state index in [1.807, 2.05) is 0 Å². The van der Waals surface area contributed by atoms with Crippen LogP contribution in [0.1, 0.15) is 12.2 Å². The molecule has 0 bridgehead atoms. The van der Waals surface area contributed by atoms with Crippen molar-refractivity contribution < 1.29 is 14.0 Å². The maximum atomic E-state index is 13.7. The minimum atomic E-state index is -0.586. The van der Waals surface area contributed by atoms with E-state index in [9.17, 15) is 14.0 Å². The molecule has 2 aromatic rings. The zero-order valence-electron chi connectivity index (χ0n) is 13.2. The van der Waals surface area contributed by atoms with Crippen LogP contribution in [0, 0.1) is 11.7 Å². The second-order valence-corrected chi connectivity index (χ2v) is 6.57. The first kappa shape index (κ1) is 16.0. The van der Waals surface area contributed by atoms with Gasteiger partial charge in [-0.1, -0.05) is 11.6 Å². The van der Waals surface area contributed by atoms with Gasteiger partial charge in [0.15, 0.2) is 0 Å². The third kappa shape index (κ3) is 2.86. The number of anilines is 1. The minimum Gasteiger partial charge on any atom is -0.333 e. The van der Waals surface area contributed by atoms with Crippen molar-refractivity contribution in [3.63, 3.8) is 0 Å². The Balaban J connectivity index is 1.48. The predicted octanol–water partition coefficient (Wildman–Crippen LogP) is 1.47. The fraction of sp³-hybridized carbons (Fsp3) is 0.375. The average molecular weight is 364 g/mol. The van der Waals surface area contributed by atoms with Crippen LogP contribution in [0.2, 0.25) is 5.02 Å². The molecule has 130 valence electrons. The number of aromatic nitrogens is 3. The first-order valence-corrected chi connectivity index (χ1v) is 8.31. The van der Waals surface area contributed by atoms with Crippen LogP contribution in [-0.2, 0) is 22.7 Å². The summed E-state index contributed by atoms with van der Waals surface area (Å²) in [7, 11) is 0. The summed E-state index contributed by atoms with van der Waals surface area (Å²) in [5.74, 6) is -0.571. The van der Waals surface area contributed by atoms with Crippen LogP contribution < -0.4 is 4.90 Å². The van der Waals surface area contributed by atoms with Gasteiger partial charge < -0.3 is 9.80 Å². The number of carbonyl (C=O) groups excluding carboxylic acids is 2. The molecule has 1 aromatic heterocycles. The molecule has 0 aliphatic carbocycles. The van der Waals surface area contributed by atoms with E-state index >= 15 is 0 Å². The zero-order valence-corrected chi connectivity index (χ0v) is 14.0. The molecule has 2 aliphatic heterocycles. The summed E-state index contributed by atoms with van der Waals surface area (Å²) in [5, 5.41) is 4.09. The van der Waals surface area contributed by atoms with Crippen LogP contribution in [0.15, 0.2) is 24.5 Å². The van der Waals surface area contributed by atoms with E-state index < -0.39 is 11.7 Å². The van der Waals surface area contributed by atoms with Crippen LogP contribution in [0.4, 0.5) is 10.1 Å². The Labute approximate surface area is 148 Å². The fourth-order valence-corrected chi connectivity index (χ4v) is 3.40. The van der Waals surface area contributed by atoms with Crippen molar-refractivity contribution in [2.75, 3.05) is 18.0 Å². The van der Waals surface area contributed by atoms with Crippen molar-refractivity contribution in [2.24, 2.45) is 5.92 Å². The molecule has 1 aromatic carbocycles. The molecule has 0 radical (unpaired) electrons. The van der Waals surface area contributed by atoms with E-state index in [-0.39, 0.29) is 29.8 Å². The monoisotopic (exact) mass is 363 g/mol. The highest BCUT2D eigenvalue weighted by atomic mass is 35.5. The van der Waals surface area contributed by atoms with Crippen molar-refractivity contribution in [3.05, 3.63) is 41.2 Å². The lowest BCUT2D eigenvalue weighted by atomic mass is 10.1. The number of halogens is 2. The maximum Gasteiger partial charge on any atom is 0.228 e. The number of benzene rings is 1. The van der Waals surface area contributed by atoms with Crippen molar-refractivity contribution >= 4 is 29.1 Å². The topological polar surface area (TPSA) is 71.3 Å². The molecule has 0 saturated carbocycles. The van der Waals surface area contributed by atoms with Crippen LogP contribution >= 0.6 is 11.6 Å². The number of carbonyl (C=O) groups is 2. The van der Waals surface area contributed by atoms with Crippen LogP contribution in [0.25, 0.3) is 0 Å². The standard InChI is InChI=1S/C16H15ClFN5O2/c17-12-2-1-11(6-13(12)18)22-7-10(5-15(22)24)16(25)21-3-4-23-14(8-21)19-9-20-23/h1-2,6,9-10H,3-5,7-8H2. The Morgan fingerprint density at radius 1 is 1.32 bits per heavy atom. The van der Waals surface area contributed by atoms with Gasteiger partial charge in [-0.25, -0.2) is 14.1 Å². The summed E-state index contributed by atoms with van der Waals surface area (Å²) >= 11 is 5.68. The van der Waals surface area contributed by atoms with Gasteiger partial charge in [-0.2, -0.15) is 5.10 Å². The van der Waals surface area contributed by atoms with Gasteiger partial charge in [0.05, 0.1) is 24.0 Å². The van der Waals surface area contributed by atoms with Gasteiger partial charge in [0.1, 0.15) is 18.0 Å². The van der Waals surface area contributed by atoms with Crippen molar-refractivity contribution in [2.45, 2.75) is 19.5 Å². The summed E-state index contributed by atoms with van der Waals surface area (Å²) in [6, 6.07) is 4.21. The summed E-state index contributed by atoms with van der Waals surface area (Å²) in [6.45, 7) is 1.75. The molecular formula is C16H15ClFN5O2. The van der Waals surface area contributed by atoms with E-state index in [0.29, 0.717) is 25.3 Å². The van der Waals surface area contributed by atoms with Crippen LogP contribution in [0.3, 0.4) is 0 Å². The van der Waals surface area contributed by atoms with Gasteiger partial charge in [0.2, 0.25) is 11.8 Å². The van der Waals surface area contributed by atoms with Crippen molar-refractivity contribution in [1.82, 2.24) is 19.7 Å². The minimum absolute atomic E-state index is 0.000417. The molecule has 4 rings (SSSR count). The number of hydrogen-bond acceptors (Lipinski definition) is 4. The molecule has 1 unspecified atom stereocenters. The second-order valence-electron chi connectivity index (χ2n) is 6.16. The third-order valence-electron chi connectivity index (χ3n) is 4.61. The first-order chi connectivity index (χ1) is 12.0. The highest BCUT2D eigenvalue weighted by molar-refractivity contribution is 6.30. The largest absolute Gasteiger partial charge is 0.333 e. The molecule has 25 heavy (non-hydrogen) atoms. The molecule has 1 atom stereocenters. The lowest BCUT2D eigenvalue weighted by Crippen LogP contribution is -2.42. The molecular weight excluding hydrogens is 349 g/mol. The number of nitrogens with zero attached hydrogens (tertiary/aromatic N) is 5. The normalized spacial score (nSPS) is 20.1. The smallest absolute Gasteiger partial charge is 0.228 e. The molecule has 9 heteroatoms. The Kier molecular flexibility index (Phi) is 3.91. The highest BCUT2D eigenvalue weighted by Crippen LogP contribution is 2.29. The average Bonchev–Trinajstić information content (AvgIpc) is 3.22. The van der Waals surface area contributed by atoms with Crippen LogP contribution in [0.5, 0.6) is 0 Å². The molecule has 2 aliphatic rings. The van der Waals surface area contributed by atoms with E-state index in [2.05, 4.69) is 10.1 Å². The Morgan fingerprint density at radius 2 is 2.16 bits per heavy atom. The van der Waals surface area contributed by atoms with E-state index in [4.69, 9.17) is 11.6 Å². The molecule has 3 heterocycles. The van der Waals surface area contributed by atoms with Gasteiger partial charge in [0, 0.05) is 25.2 Å². The maximum absolute atomic E-state index is 13.7. The molecule has 1 saturated heterocycles. The van der Waals surface area contributed by atoms with Gasteiger partial charge in [-0.05, 0) is 18.2 Å². The Hall–Kier alpha value is -2.48. The molecule has 0 N–H and O–H groups in total. The van der Waals surface area contributed by atoms with Gasteiger partial charge in [0.25, 0.3) is 0 Å². The second kappa shape index (κ2) is 6.11. The van der Waals surface area contributed by atoms with E-state index in [1.54, 1.807) is 15.6 Å². The highest BCUT2D eigenvalue weighted by Gasteiger charge is 2.38. The number of rotatable bonds is 2. The predicted molar refractivity (Wildman–Crippen MR) is 87.3 cm³/mol. The fourth-order valence-electron chi connectivity index (χ4n) is 3.28. The molecule has 2 amide bonds. The lowest BCUT2D eigenvalue weighted by molar-refractivity contribution is -0.137. The molecule has 7 nitrogen and oxygen atoms in total. The summed E-state index contributed by atoms with van der Waals surface area (Å²) in [6.07, 6.45) is 1.59. The molecule has 1 fully saturated rings. The van der Waals surface area contributed by atoms with Gasteiger partial charge in [-0.15, -0.1) is 0 Å². The van der Waals surface area contributed by atoms with Gasteiger partial charge >= 0.3 is 0 Å². The zero-order chi connectivity index (χ0) is 17.6. The quantitative estimate of drug-likeness (QED) is 0.810. The Morgan fingerprint density at radius 3 is 2.96 bits per heavy atom. The van der Waals surface area contributed by atoms with E-state index in [0.717, 1.165) is 5.82 Å². The summed E-state index contributed by atoms with van der Waals surface area (Å²) < 4.78 is 15.4. The number of fused-ring (bicyclic) bond motifs is 1.